The van der Waals surface area contributed by atoms with Crippen LogP contribution in [0.15, 0.2) is 11.6 Å². The van der Waals surface area contributed by atoms with Crippen LogP contribution in [0.4, 0.5) is 0 Å². The SMILES string of the molecule is C=C(Cl)CNC(=O)CC1CCCCCC1. The highest BCUT2D eigenvalue weighted by molar-refractivity contribution is 6.29. The number of carbonyl (C=O) groups excluding carboxylic acids is 1. The van der Waals surface area contributed by atoms with Crippen molar-refractivity contribution in [2.24, 2.45) is 5.92 Å². The predicted molar refractivity (Wildman–Crippen MR) is 63.8 cm³/mol. The predicted octanol–water partition coefficient (Wildman–Crippen LogP) is 3.22. The van der Waals surface area contributed by atoms with Crippen LogP contribution in [0.2, 0.25) is 0 Å². The molecule has 0 radical (unpaired) electrons. The standard InChI is InChI=1S/C12H20ClNO/c1-10(13)9-14-12(15)8-11-6-4-2-3-5-7-11/h11H,1-9H2,(H,14,15). The van der Waals surface area contributed by atoms with Gasteiger partial charge in [0, 0.05) is 11.5 Å². The average Bonchev–Trinajstić information content (AvgIpc) is 2.43. The summed E-state index contributed by atoms with van der Waals surface area (Å²) >= 11 is 5.58. The van der Waals surface area contributed by atoms with Crippen LogP contribution >= 0.6 is 11.6 Å². The van der Waals surface area contributed by atoms with Gasteiger partial charge in [-0.15, -0.1) is 0 Å². The van der Waals surface area contributed by atoms with Gasteiger partial charge < -0.3 is 5.32 Å². The molecule has 15 heavy (non-hydrogen) atoms. The summed E-state index contributed by atoms with van der Waals surface area (Å²) < 4.78 is 0. The molecule has 1 rings (SSSR count). The molecule has 1 aliphatic carbocycles. The van der Waals surface area contributed by atoms with E-state index in [0.717, 1.165) is 0 Å². The first-order valence-corrected chi connectivity index (χ1v) is 6.16. The summed E-state index contributed by atoms with van der Waals surface area (Å²) in [5.74, 6) is 0.694. The molecule has 1 fully saturated rings. The van der Waals surface area contributed by atoms with E-state index in [4.69, 9.17) is 11.6 Å². The monoisotopic (exact) mass is 229 g/mol. The Balaban J connectivity index is 2.20. The first-order valence-electron chi connectivity index (χ1n) is 5.78. The Labute approximate surface area is 97.1 Å². The van der Waals surface area contributed by atoms with E-state index >= 15 is 0 Å². The zero-order valence-electron chi connectivity index (χ0n) is 9.23. The van der Waals surface area contributed by atoms with Crippen molar-refractivity contribution in [3.63, 3.8) is 0 Å². The molecule has 1 saturated carbocycles. The van der Waals surface area contributed by atoms with Crippen LogP contribution in [-0.2, 0) is 4.79 Å². The highest BCUT2D eigenvalue weighted by Crippen LogP contribution is 2.25. The Kier molecular flexibility index (Phi) is 5.77. The number of amides is 1. The fourth-order valence-electron chi connectivity index (χ4n) is 2.10. The minimum atomic E-state index is 0.115. The number of halogens is 1. The molecule has 0 saturated heterocycles. The summed E-state index contributed by atoms with van der Waals surface area (Å²) in [6.45, 7) is 3.94. The Bertz CT molecular complexity index is 220. The van der Waals surface area contributed by atoms with Gasteiger partial charge in [0.25, 0.3) is 0 Å². The third-order valence-electron chi connectivity index (χ3n) is 2.93. The molecule has 0 aromatic rings. The molecule has 0 heterocycles. The number of carbonyl (C=O) groups is 1. The van der Waals surface area contributed by atoms with Crippen molar-refractivity contribution in [1.29, 1.82) is 0 Å². The molecule has 0 spiro atoms. The van der Waals surface area contributed by atoms with Gasteiger partial charge in [-0.05, 0) is 18.8 Å². The lowest BCUT2D eigenvalue weighted by Crippen LogP contribution is -2.26. The molecule has 0 aromatic heterocycles. The van der Waals surface area contributed by atoms with Gasteiger partial charge in [0.05, 0.1) is 6.54 Å². The van der Waals surface area contributed by atoms with Crippen LogP contribution in [0.5, 0.6) is 0 Å². The fraction of sp³-hybridized carbons (Fsp3) is 0.750. The van der Waals surface area contributed by atoms with E-state index in [1.807, 2.05) is 0 Å². The van der Waals surface area contributed by atoms with Gasteiger partial charge in [-0.2, -0.15) is 0 Å². The number of nitrogens with one attached hydrogen (secondary N) is 1. The fourth-order valence-corrected chi connectivity index (χ4v) is 2.16. The minimum Gasteiger partial charge on any atom is -0.351 e. The van der Waals surface area contributed by atoms with E-state index in [-0.39, 0.29) is 5.91 Å². The largest absolute Gasteiger partial charge is 0.351 e. The molecule has 86 valence electrons. The molecule has 0 aliphatic heterocycles. The Morgan fingerprint density at radius 2 is 1.87 bits per heavy atom. The number of hydrogen-bond acceptors (Lipinski definition) is 1. The van der Waals surface area contributed by atoms with Crippen molar-refractivity contribution in [2.75, 3.05) is 6.54 Å². The molecule has 2 nitrogen and oxygen atoms in total. The number of hydrogen-bond donors (Lipinski definition) is 1. The molecule has 0 unspecified atom stereocenters. The lowest BCUT2D eigenvalue weighted by atomic mass is 9.96. The maximum Gasteiger partial charge on any atom is 0.220 e. The normalized spacial score (nSPS) is 18.2. The smallest absolute Gasteiger partial charge is 0.220 e. The van der Waals surface area contributed by atoms with Crippen LogP contribution in [0.1, 0.15) is 44.9 Å². The van der Waals surface area contributed by atoms with Crippen LogP contribution in [0, 0.1) is 5.92 Å². The first-order chi connectivity index (χ1) is 7.18. The van der Waals surface area contributed by atoms with Gasteiger partial charge in [0.15, 0.2) is 0 Å². The van der Waals surface area contributed by atoms with Gasteiger partial charge in [0.1, 0.15) is 0 Å². The topological polar surface area (TPSA) is 29.1 Å². The molecule has 3 heteroatoms. The summed E-state index contributed by atoms with van der Waals surface area (Å²) in [7, 11) is 0. The number of rotatable bonds is 4. The van der Waals surface area contributed by atoms with Gasteiger partial charge >= 0.3 is 0 Å². The lowest BCUT2D eigenvalue weighted by Gasteiger charge is -2.13. The summed E-state index contributed by atoms with van der Waals surface area (Å²) in [6, 6.07) is 0. The average molecular weight is 230 g/mol. The summed E-state index contributed by atoms with van der Waals surface area (Å²) in [5.41, 5.74) is 0. The summed E-state index contributed by atoms with van der Waals surface area (Å²) in [5, 5.41) is 3.27. The zero-order chi connectivity index (χ0) is 11.1. The molecule has 0 bridgehead atoms. The van der Waals surface area contributed by atoms with Crippen LogP contribution < -0.4 is 5.32 Å². The zero-order valence-corrected chi connectivity index (χ0v) is 9.98. The lowest BCUT2D eigenvalue weighted by molar-refractivity contribution is -0.121. The third-order valence-corrected chi connectivity index (χ3v) is 3.06. The van der Waals surface area contributed by atoms with Gasteiger partial charge in [-0.3, -0.25) is 4.79 Å². The maximum absolute atomic E-state index is 11.5. The molecule has 1 N–H and O–H groups in total. The Hall–Kier alpha value is -0.500. The van der Waals surface area contributed by atoms with Crippen molar-refractivity contribution in [3.05, 3.63) is 11.6 Å². The molecular formula is C12H20ClNO. The van der Waals surface area contributed by atoms with Crippen molar-refractivity contribution < 1.29 is 4.79 Å². The Morgan fingerprint density at radius 1 is 1.27 bits per heavy atom. The maximum atomic E-state index is 11.5. The minimum absolute atomic E-state index is 0.115. The van der Waals surface area contributed by atoms with Crippen molar-refractivity contribution in [3.8, 4) is 0 Å². The first kappa shape index (κ1) is 12.6. The second-order valence-electron chi connectivity index (χ2n) is 4.36. The summed E-state index contributed by atoms with van der Waals surface area (Å²) in [4.78, 5) is 11.5. The third kappa shape index (κ3) is 5.83. The molecule has 1 amide bonds. The van der Waals surface area contributed by atoms with Crippen molar-refractivity contribution >= 4 is 17.5 Å². The Morgan fingerprint density at radius 3 is 2.40 bits per heavy atom. The highest BCUT2D eigenvalue weighted by Gasteiger charge is 2.15. The van der Waals surface area contributed by atoms with Gasteiger partial charge in [-0.25, -0.2) is 0 Å². The van der Waals surface area contributed by atoms with Crippen molar-refractivity contribution in [2.45, 2.75) is 44.9 Å². The molecule has 0 aromatic carbocycles. The molecular weight excluding hydrogens is 210 g/mol. The highest BCUT2D eigenvalue weighted by atomic mass is 35.5. The summed E-state index contributed by atoms with van der Waals surface area (Å²) in [6.07, 6.45) is 8.28. The van der Waals surface area contributed by atoms with E-state index in [2.05, 4.69) is 11.9 Å². The van der Waals surface area contributed by atoms with Crippen LogP contribution in [0.3, 0.4) is 0 Å². The van der Waals surface area contributed by atoms with E-state index in [1.54, 1.807) is 0 Å². The second-order valence-corrected chi connectivity index (χ2v) is 4.89. The van der Waals surface area contributed by atoms with E-state index < -0.39 is 0 Å². The van der Waals surface area contributed by atoms with Crippen molar-refractivity contribution in [1.82, 2.24) is 5.32 Å². The van der Waals surface area contributed by atoms with Crippen LogP contribution in [-0.4, -0.2) is 12.5 Å². The second kappa shape index (κ2) is 6.89. The van der Waals surface area contributed by atoms with Gasteiger partial charge in [-0.1, -0.05) is 43.9 Å². The van der Waals surface area contributed by atoms with Gasteiger partial charge in [0.2, 0.25) is 5.91 Å². The molecule has 1 aliphatic rings. The van der Waals surface area contributed by atoms with E-state index in [1.165, 1.54) is 38.5 Å². The quantitative estimate of drug-likeness (QED) is 0.737. The van der Waals surface area contributed by atoms with Crippen LogP contribution in [0.25, 0.3) is 0 Å². The molecule has 0 atom stereocenters. The van der Waals surface area contributed by atoms with E-state index in [9.17, 15) is 4.79 Å². The van der Waals surface area contributed by atoms with E-state index in [0.29, 0.717) is 23.9 Å².